The number of nitrogens with zero attached hydrogens (tertiary/aromatic N) is 1. The predicted molar refractivity (Wildman–Crippen MR) is 82.9 cm³/mol. The summed E-state index contributed by atoms with van der Waals surface area (Å²) in [7, 11) is -1.35. The van der Waals surface area contributed by atoms with Crippen molar-refractivity contribution in [2.45, 2.75) is 19.0 Å². The van der Waals surface area contributed by atoms with E-state index >= 15 is 0 Å². The molecule has 22 heavy (non-hydrogen) atoms. The van der Waals surface area contributed by atoms with Crippen molar-refractivity contribution in [2.24, 2.45) is 0 Å². The molecule has 0 spiro atoms. The van der Waals surface area contributed by atoms with Crippen LogP contribution in [-0.4, -0.2) is 50.4 Å². The van der Waals surface area contributed by atoms with E-state index in [0.717, 1.165) is 0 Å². The van der Waals surface area contributed by atoms with Gasteiger partial charge in [0.1, 0.15) is 5.82 Å². The van der Waals surface area contributed by atoms with Gasteiger partial charge in [0.05, 0.1) is 18.1 Å². The second-order valence-electron chi connectivity index (χ2n) is 5.54. The number of rotatable bonds is 5. The van der Waals surface area contributed by atoms with Crippen LogP contribution in [0.15, 0.2) is 18.2 Å². The fourth-order valence-corrected chi connectivity index (χ4v) is 4.33. The lowest BCUT2D eigenvalue weighted by atomic mass is 10.2. The Labute approximate surface area is 134 Å². The quantitative estimate of drug-likeness (QED) is 0.868. The molecule has 1 fully saturated rings. The van der Waals surface area contributed by atoms with E-state index in [-0.39, 0.29) is 36.5 Å². The lowest BCUT2D eigenvalue weighted by molar-refractivity contribution is -0.122. The largest absolute Gasteiger partial charge is 0.351 e. The highest BCUT2D eigenvalue weighted by molar-refractivity contribution is 7.91. The summed E-state index contributed by atoms with van der Waals surface area (Å²) >= 11 is 5.95. The van der Waals surface area contributed by atoms with Crippen LogP contribution in [0, 0.1) is 5.82 Å². The third-order valence-electron chi connectivity index (χ3n) is 3.50. The van der Waals surface area contributed by atoms with E-state index in [1.165, 1.54) is 12.1 Å². The van der Waals surface area contributed by atoms with E-state index in [1.54, 1.807) is 18.0 Å². The van der Waals surface area contributed by atoms with Gasteiger partial charge in [-0.05, 0) is 25.6 Å². The second-order valence-corrected chi connectivity index (χ2v) is 8.18. The second kappa shape index (κ2) is 6.93. The minimum atomic E-state index is -3.02. The van der Waals surface area contributed by atoms with Gasteiger partial charge in [0, 0.05) is 23.2 Å². The smallest absolute Gasteiger partial charge is 0.234 e. The third kappa shape index (κ3) is 4.66. The molecule has 122 valence electrons. The Morgan fingerprint density at radius 2 is 2.23 bits per heavy atom. The fraction of sp³-hybridized carbons (Fsp3) is 0.500. The number of halogens is 2. The molecule has 1 heterocycles. The average Bonchev–Trinajstić information content (AvgIpc) is 2.73. The van der Waals surface area contributed by atoms with Crippen molar-refractivity contribution in [1.29, 1.82) is 0 Å². The Kier molecular flexibility index (Phi) is 5.41. The van der Waals surface area contributed by atoms with E-state index < -0.39 is 15.7 Å². The number of benzene rings is 1. The van der Waals surface area contributed by atoms with Gasteiger partial charge in [-0.2, -0.15) is 0 Å². The molecule has 8 heteroatoms. The number of likely N-dealkylation sites (N-methyl/N-ethyl adjacent to an activating group) is 1. The molecular weight excluding hydrogens is 331 g/mol. The zero-order valence-electron chi connectivity index (χ0n) is 12.2. The zero-order chi connectivity index (χ0) is 16.3. The molecule has 0 aromatic heterocycles. The molecule has 1 aromatic carbocycles. The Hall–Kier alpha value is -1.18. The van der Waals surface area contributed by atoms with Crippen LogP contribution in [-0.2, 0) is 21.2 Å². The first kappa shape index (κ1) is 17.2. The molecule has 1 aliphatic rings. The maximum Gasteiger partial charge on any atom is 0.234 e. The first-order chi connectivity index (χ1) is 10.3. The standard InChI is InChI=1S/C14H18ClFN2O3S/c1-18(7-11-12(15)3-2-4-13(11)16)8-14(19)17-10-5-6-22(20,21)9-10/h2-4,10H,5-9H2,1H3,(H,17,19)/t10-/m0/s1. The molecule has 0 aliphatic carbocycles. The summed E-state index contributed by atoms with van der Waals surface area (Å²) < 4.78 is 36.4. The Balaban J connectivity index is 1.87. The van der Waals surface area contributed by atoms with Crippen molar-refractivity contribution in [3.63, 3.8) is 0 Å². The number of carbonyl (C=O) groups excluding carboxylic acids is 1. The van der Waals surface area contributed by atoms with Crippen molar-refractivity contribution >= 4 is 27.3 Å². The number of hydrogen-bond donors (Lipinski definition) is 1. The summed E-state index contributed by atoms with van der Waals surface area (Å²) in [5.41, 5.74) is 0.336. The van der Waals surface area contributed by atoms with Crippen LogP contribution in [0.2, 0.25) is 5.02 Å². The van der Waals surface area contributed by atoms with E-state index in [2.05, 4.69) is 5.32 Å². The number of amides is 1. The molecule has 1 N–H and O–H groups in total. The Morgan fingerprint density at radius 3 is 2.82 bits per heavy atom. The molecule has 0 unspecified atom stereocenters. The average molecular weight is 349 g/mol. The first-order valence-electron chi connectivity index (χ1n) is 6.88. The Morgan fingerprint density at radius 1 is 1.50 bits per heavy atom. The number of nitrogens with one attached hydrogen (secondary N) is 1. The molecule has 2 rings (SSSR count). The Bertz CT molecular complexity index is 646. The van der Waals surface area contributed by atoms with Gasteiger partial charge in [-0.15, -0.1) is 0 Å². The summed E-state index contributed by atoms with van der Waals surface area (Å²) in [4.78, 5) is 13.5. The van der Waals surface area contributed by atoms with Gasteiger partial charge in [0.25, 0.3) is 0 Å². The fourth-order valence-electron chi connectivity index (χ4n) is 2.44. The summed E-state index contributed by atoms with van der Waals surface area (Å²) in [6.45, 7) is 0.239. The summed E-state index contributed by atoms with van der Waals surface area (Å²) in [5.74, 6) is -0.598. The van der Waals surface area contributed by atoms with E-state index in [0.29, 0.717) is 17.0 Å². The van der Waals surface area contributed by atoms with Crippen LogP contribution in [0.25, 0.3) is 0 Å². The van der Waals surface area contributed by atoms with E-state index in [4.69, 9.17) is 11.6 Å². The normalized spacial score (nSPS) is 20.3. The SMILES string of the molecule is CN(CC(=O)N[C@H]1CCS(=O)(=O)C1)Cc1c(F)cccc1Cl. The molecule has 0 bridgehead atoms. The van der Waals surface area contributed by atoms with Crippen LogP contribution < -0.4 is 5.32 Å². The third-order valence-corrected chi connectivity index (χ3v) is 5.62. The predicted octanol–water partition coefficient (Wildman–Crippen LogP) is 1.21. The highest BCUT2D eigenvalue weighted by Gasteiger charge is 2.29. The van der Waals surface area contributed by atoms with Crippen molar-refractivity contribution < 1.29 is 17.6 Å². The van der Waals surface area contributed by atoms with Crippen LogP contribution in [0.4, 0.5) is 4.39 Å². The minimum Gasteiger partial charge on any atom is -0.351 e. The topological polar surface area (TPSA) is 66.5 Å². The monoisotopic (exact) mass is 348 g/mol. The molecule has 1 aromatic rings. The molecular formula is C14H18ClFN2O3S. The number of carbonyl (C=O) groups is 1. The van der Waals surface area contributed by atoms with Gasteiger partial charge in [-0.3, -0.25) is 9.69 Å². The van der Waals surface area contributed by atoms with Gasteiger partial charge >= 0.3 is 0 Å². The molecule has 1 aliphatic heterocycles. The van der Waals surface area contributed by atoms with Crippen LogP contribution >= 0.6 is 11.6 Å². The van der Waals surface area contributed by atoms with Crippen LogP contribution in [0.3, 0.4) is 0 Å². The maximum atomic E-state index is 13.7. The van der Waals surface area contributed by atoms with Gasteiger partial charge in [0.2, 0.25) is 5.91 Å². The first-order valence-corrected chi connectivity index (χ1v) is 9.08. The molecule has 5 nitrogen and oxygen atoms in total. The lowest BCUT2D eigenvalue weighted by Gasteiger charge is -2.19. The van der Waals surface area contributed by atoms with Gasteiger partial charge in [-0.1, -0.05) is 17.7 Å². The number of hydrogen-bond acceptors (Lipinski definition) is 4. The van der Waals surface area contributed by atoms with Gasteiger partial charge < -0.3 is 5.32 Å². The molecule has 1 amide bonds. The van der Waals surface area contributed by atoms with E-state index in [9.17, 15) is 17.6 Å². The summed E-state index contributed by atoms with van der Waals surface area (Å²) in [6, 6.07) is 4.10. The summed E-state index contributed by atoms with van der Waals surface area (Å²) in [5, 5.41) is 3.01. The van der Waals surface area contributed by atoms with Crippen molar-refractivity contribution in [1.82, 2.24) is 10.2 Å². The molecule has 1 atom stereocenters. The molecule has 0 radical (unpaired) electrons. The zero-order valence-corrected chi connectivity index (χ0v) is 13.8. The maximum absolute atomic E-state index is 13.7. The van der Waals surface area contributed by atoms with Crippen LogP contribution in [0.1, 0.15) is 12.0 Å². The highest BCUT2D eigenvalue weighted by Crippen LogP contribution is 2.20. The van der Waals surface area contributed by atoms with Gasteiger partial charge in [0.15, 0.2) is 9.84 Å². The van der Waals surface area contributed by atoms with Crippen LogP contribution in [0.5, 0.6) is 0 Å². The minimum absolute atomic E-state index is 0.0123. The number of sulfone groups is 1. The molecule has 0 saturated carbocycles. The lowest BCUT2D eigenvalue weighted by Crippen LogP contribution is -2.41. The highest BCUT2D eigenvalue weighted by atomic mass is 35.5. The summed E-state index contributed by atoms with van der Waals surface area (Å²) in [6.07, 6.45) is 0.441. The molecule has 1 saturated heterocycles. The van der Waals surface area contributed by atoms with Gasteiger partial charge in [-0.25, -0.2) is 12.8 Å². The van der Waals surface area contributed by atoms with Crippen molar-refractivity contribution in [2.75, 3.05) is 25.1 Å². The van der Waals surface area contributed by atoms with Crippen molar-refractivity contribution in [3.8, 4) is 0 Å². The van der Waals surface area contributed by atoms with Crippen molar-refractivity contribution in [3.05, 3.63) is 34.6 Å². The van der Waals surface area contributed by atoms with E-state index in [1.807, 2.05) is 0 Å².